The Balaban J connectivity index is 0.000000178. The molecule has 0 aliphatic heterocycles. The summed E-state index contributed by atoms with van der Waals surface area (Å²) in [5, 5.41) is 0. The van der Waals surface area contributed by atoms with E-state index in [9.17, 15) is 26.4 Å². The van der Waals surface area contributed by atoms with Crippen molar-refractivity contribution in [1.29, 1.82) is 0 Å². The molecular formula is C33H24N2O8S2. The Labute approximate surface area is 259 Å². The number of ketones is 2. The molecule has 226 valence electrons. The number of nitrogens with zero attached hydrogens (tertiary/aromatic N) is 2. The number of para-hydroxylation sites is 2. The van der Waals surface area contributed by atoms with Crippen LogP contribution in [-0.4, -0.2) is 38.9 Å². The molecule has 0 saturated heterocycles. The van der Waals surface area contributed by atoms with Gasteiger partial charge in [0, 0.05) is 22.8 Å². The van der Waals surface area contributed by atoms with E-state index in [1.807, 2.05) is 0 Å². The van der Waals surface area contributed by atoms with Gasteiger partial charge in [-0.1, -0.05) is 72.8 Å². The summed E-state index contributed by atoms with van der Waals surface area (Å²) < 4.78 is 60.2. The van der Waals surface area contributed by atoms with Crippen molar-refractivity contribution in [3.8, 4) is 11.5 Å². The second kappa shape index (κ2) is 12.7. The normalized spacial score (nSPS) is 14.8. The van der Waals surface area contributed by atoms with E-state index >= 15 is 0 Å². The Bertz CT molecular complexity index is 2140. The minimum Gasteiger partial charge on any atom is -0.379 e. The zero-order valence-corrected chi connectivity index (χ0v) is 25.2. The van der Waals surface area contributed by atoms with E-state index in [0.29, 0.717) is 11.1 Å². The molecule has 1 unspecified atom stereocenters. The lowest BCUT2D eigenvalue weighted by atomic mass is 9.95. The first-order valence-electron chi connectivity index (χ1n) is 13.4. The molecule has 4 aromatic carbocycles. The van der Waals surface area contributed by atoms with Crippen LogP contribution in [0.2, 0.25) is 0 Å². The van der Waals surface area contributed by atoms with Gasteiger partial charge in [-0.15, -0.1) is 0 Å². The van der Waals surface area contributed by atoms with Gasteiger partial charge in [-0.25, -0.2) is 0 Å². The van der Waals surface area contributed by atoms with Crippen LogP contribution in [0, 0.1) is 0 Å². The number of carbonyl (C=O) groups is 2. The Kier molecular flexibility index (Phi) is 8.73. The van der Waals surface area contributed by atoms with Gasteiger partial charge in [0.05, 0.1) is 5.92 Å². The molecule has 12 heteroatoms. The monoisotopic (exact) mass is 640 g/mol. The highest BCUT2D eigenvalue weighted by molar-refractivity contribution is 7.87. The predicted octanol–water partition coefficient (Wildman–Crippen LogP) is 5.49. The number of allylic oxidation sites excluding steroid dienone is 2. The number of benzene rings is 4. The van der Waals surface area contributed by atoms with Crippen LogP contribution in [0.3, 0.4) is 0 Å². The lowest BCUT2D eigenvalue weighted by Crippen LogP contribution is -2.20. The van der Waals surface area contributed by atoms with Crippen LogP contribution < -0.4 is 8.37 Å². The first-order chi connectivity index (χ1) is 21.5. The minimum absolute atomic E-state index is 0.0199. The Hall–Kier alpha value is -5.42. The topological polar surface area (TPSA) is 157 Å². The van der Waals surface area contributed by atoms with Crippen molar-refractivity contribution < 1.29 is 39.6 Å². The van der Waals surface area contributed by atoms with Crippen LogP contribution in [0.4, 0.5) is 0 Å². The standard InChI is InChI=1S/C17H14O4S.C16H10N2O4S/c1-12(18)14-10-11-16-15(14)8-5-9-17(16)22(19,20)21-13-6-3-2-4-7-13;17-18-14-10-9-12-13(16(14)19)7-4-8-15(12)23(20,21)22-11-5-2-1-3-6-11/h2-11,14H,1H3;1-10H. The van der Waals surface area contributed by atoms with E-state index in [1.165, 1.54) is 55.5 Å². The van der Waals surface area contributed by atoms with E-state index in [4.69, 9.17) is 13.9 Å². The summed E-state index contributed by atoms with van der Waals surface area (Å²) in [7, 11) is -8.06. The molecule has 0 spiro atoms. The average Bonchev–Trinajstić information content (AvgIpc) is 3.47. The fraction of sp³-hybridized carbons (Fsp3) is 0.0606. The van der Waals surface area contributed by atoms with Crippen LogP contribution in [0.25, 0.3) is 17.7 Å². The molecule has 2 aliphatic carbocycles. The molecule has 0 saturated carbocycles. The summed E-state index contributed by atoms with van der Waals surface area (Å²) in [5.41, 5.74) is 10.2. The Morgan fingerprint density at radius 2 is 1.22 bits per heavy atom. The van der Waals surface area contributed by atoms with Gasteiger partial charge in [-0.2, -0.15) is 21.6 Å². The van der Waals surface area contributed by atoms with Crippen molar-refractivity contribution in [3.63, 3.8) is 0 Å². The van der Waals surface area contributed by atoms with Crippen molar-refractivity contribution in [2.75, 3.05) is 0 Å². The molecule has 1 atom stereocenters. The molecule has 0 heterocycles. The molecule has 10 nitrogen and oxygen atoms in total. The lowest BCUT2D eigenvalue weighted by Gasteiger charge is -2.13. The van der Waals surface area contributed by atoms with Gasteiger partial charge < -0.3 is 13.9 Å². The van der Waals surface area contributed by atoms with Crippen LogP contribution >= 0.6 is 0 Å². The van der Waals surface area contributed by atoms with Gasteiger partial charge in [0.2, 0.25) is 0 Å². The second-order valence-corrected chi connectivity index (χ2v) is 12.8. The van der Waals surface area contributed by atoms with E-state index in [-0.39, 0.29) is 49.8 Å². The van der Waals surface area contributed by atoms with E-state index in [1.54, 1.807) is 72.8 Å². The SMILES string of the molecule is CC(=O)C1C=Cc2c1cccc2S(=O)(=O)Oc1ccccc1.[N-]=[N+]=C1C=Cc2c(cccc2S(=O)(=O)Oc2ccccc2)C1=O. The van der Waals surface area contributed by atoms with Gasteiger partial charge >= 0.3 is 25.9 Å². The molecular weight excluding hydrogens is 617 g/mol. The summed E-state index contributed by atoms with van der Waals surface area (Å²) in [6.45, 7) is 1.49. The van der Waals surface area contributed by atoms with Crippen molar-refractivity contribution in [3.05, 3.63) is 137 Å². The lowest BCUT2D eigenvalue weighted by molar-refractivity contribution is -0.117. The predicted molar refractivity (Wildman–Crippen MR) is 166 cm³/mol. The minimum atomic E-state index is -4.11. The highest BCUT2D eigenvalue weighted by atomic mass is 32.2. The Morgan fingerprint density at radius 3 is 1.76 bits per heavy atom. The zero-order chi connectivity index (χ0) is 32.2. The molecule has 6 rings (SSSR count). The largest absolute Gasteiger partial charge is 0.379 e. The third kappa shape index (κ3) is 6.58. The van der Waals surface area contributed by atoms with Crippen molar-refractivity contribution in [2.24, 2.45) is 0 Å². The summed E-state index contributed by atoms with van der Waals surface area (Å²) in [4.78, 5) is 26.6. The molecule has 45 heavy (non-hydrogen) atoms. The number of Topliss-reactive ketones (excluding diaryl/α,β-unsaturated/α-hetero) is 2. The highest BCUT2D eigenvalue weighted by Gasteiger charge is 2.31. The highest BCUT2D eigenvalue weighted by Crippen LogP contribution is 2.35. The van der Waals surface area contributed by atoms with E-state index < -0.39 is 26.0 Å². The van der Waals surface area contributed by atoms with Gasteiger partial charge in [0.25, 0.3) is 5.78 Å². The molecule has 0 N–H and O–H groups in total. The number of hydrogen-bond acceptors (Lipinski definition) is 8. The maximum Gasteiger partial charge on any atom is 0.362 e. The van der Waals surface area contributed by atoms with Crippen molar-refractivity contribution in [1.82, 2.24) is 0 Å². The fourth-order valence-corrected chi connectivity index (χ4v) is 7.06. The number of carbonyl (C=O) groups excluding carboxylic acids is 2. The van der Waals surface area contributed by atoms with Crippen molar-refractivity contribution in [2.45, 2.75) is 22.6 Å². The molecule has 4 aromatic rings. The molecule has 2 aliphatic rings. The zero-order valence-electron chi connectivity index (χ0n) is 23.6. The van der Waals surface area contributed by atoms with Crippen LogP contribution in [0.15, 0.2) is 119 Å². The summed E-state index contributed by atoms with van der Waals surface area (Å²) in [6.07, 6.45) is 6.05. The Morgan fingerprint density at radius 1 is 0.689 bits per heavy atom. The van der Waals surface area contributed by atoms with E-state index in [2.05, 4.69) is 4.79 Å². The van der Waals surface area contributed by atoms with Gasteiger partial charge in [-0.05, 0) is 55.0 Å². The fourth-order valence-electron chi connectivity index (χ4n) is 4.76. The number of hydrogen-bond donors (Lipinski definition) is 0. The average molecular weight is 641 g/mol. The number of fused-ring (bicyclic) bond motifs is 2. The van der Waals surface area contributed by atoms with Crippen LogP contribution in [0.1, 0.15) is 39.9 Å². The molecule has 0 aromatic heterocycles. The summed E-state index contributed by atoms with van der Waals surface area (Å²) >= 11 is 0. The van der Waals surface area contributed by atoms with Crippen LogP contribution in [0.5, 0.6) is 11.5 Å². The maximum absolute atomic E-state index is 12.5. The molecule has 0 fully saturated rings. The quantitative estimate of drug-likeness (QED) is 0.146. The summed E-state index contributed by atoms with van der Waals surface area (Å²) in [5.74, 6) is -0.531. The molecule has 0 bridgehead atoms. The van der Waals surface area contributed by atoms with Gasteiger partial charge in [-0.3, -0.25) is 9.59 Å². The van der Waals surface area contributed by atoms with Gasteiger partial charge in [0.1, 0.15) is 27.1 Å². The third-order valence-electron chi connectivity index (χ3n) is 6.82. The first-order valence-corrected chi connectivity index (χ1v) is 16.2. The first kappa shape index (κ1) is 31.0. The van der Waals surface area contributed by atoms with Crippen molar-refractivity contribution >= 4 is 49.7 Å². The third-order valence-corrected chi connectivity index (χ3v) is 9.44. The van der Waals surface area contributed by atoms with Gasteiger partial charge in [0.15, 0.2) is 0 Å². The second-order valence-electron chi connectivity index (χ2n) is 9.77. The van der Waals surface area contributed by atoms with Crippen LogP contribution in [-0.2, 0) is 25.0 Å². The smallest absolute Gasteiger partial charge is 0.362 e. The number of rotatable bonds is 7. The maximum atomic E-state index is 12.5. The molecule has 0 amide bonds. The van der Waals surface area contributed by atoms with E-state index in [0.717, 1.165) is 0 Å². The molecule has 0 radical (unpaired) electrons. The summed E-state index contributed by atoms with van der Waals surface area (Å²) in [6, 6.07) is 25.6.